The fourth-order valence-corrected chi connectivity index (χ4v) is 1.66. The monoisotopic (exact) mass is 279 g/mol. The van der Waals surface area contributed by atoms with Crippen LogP contribution in [0.3, 0.4) is 0 Å². The summed E-state index contributed by atoms with van der Waals surface area (Å²) in [6.45, 7) is 6.73. The van der Waals surface area contributed by atoms with Crippen LogP contribution in [0, 0.1) is 6.92 Å². The van der Waals surface area contributed by atoms with Crippen LogP contribution in [0.1, 0.15) is 26.3 Å². The van der Waals surface area contributed by atoms with Gasteiger partial charge in [0.1, 0.15) is 11.3 Å². The van der Waals surface area contributed by atoms with E-state index in [4.69, 9.17) is 4.74 Å². The van der Waals surface area contributed by atoms with Gasteiger partial charge in [-0.25, -0.2) is 4.79 Å². The molecule has 0 fully saturated rings. The van der Waals surface area contributed by atoms with Crippen LogP contribution in [-0.2, 0) is 14.3 Å². The van der Waals surface area contributed by atoms with Crippen molar-refractivity contribution in [3.8, 4) is 5.75 Å². The van der Waals surface area contributed by atoms with Crippen LogP contribution < -0.4 is 10.1 Å². The summed E-state index contributed by atoms with van der Waals surface area (Å²) in [4.78, 5) is 23.5. The Hall–Kier alpha value is -2.04. The van der Waals surface area contributed by atoms with Crippen molar-refractivity contribution in [1.29, 1.82) is 0 Å². The minimum atomic E-state index is -1.09. The largest absolute Gasteiger partial charge is 0.481 e. The molecule has 1 aromatic carbocycles. The maximum Gasteiger partial charge on any atom is 0.330 e. The number of amides is 1. The second kappa shape index (κ2) is 6.41. The molecule has 0 bridgehead atoms. The van der Waals surface area contributed by atoms with Crippen molar-refractivity contribution in [2.45, 2.75) is 39.3 Å². The number of hydrogen-bond acceptors (Lipinski definition) is 4. The maximum absolute atomic E-state index is 12.0. The molecule has 1 atom stereocenters. The SMILES string of the molecule is COC(=O)C(C)(C)NC(=O)C(C)Oc1cccc(C)c1. The van der Waals surface area contributed by atoms with Crippen LogP contribution >= 0.6 is 0 Å². The molecule has 0 heterocycles. The third-order valence-corrected chi connectivity index (χ3v) is 2.80. The molecule has 0 aromatic heterocycles. The lowest BCUT2D eigenvalue weighted by atomic mass is 10.1. The topological polar surface area (TPSA) is 64.6 Å². The molecule has 0 aliphatic heterocycles. The van der Waals surface area contributed by atoms with Gasteiger partial charge in [-0.1, -0.05) is 12.1 Å². The number of rotatable bonds is 5. The van der Waals surface area contributed by atoms with Crippen molar-refractivity contribution >= 4 is 11.9 Å². The minimum absolute atomic E-state index is 0.373. The molecule has 1 aromatic rings. The predicted molar refractivity (Wildman–Crippen MR) is 75.5 cm³/mol. The van der Waals surface area contributed by atoms with Crippen LogP contribution in [-0.4, -0.2) is 30.6 Å². The number of nitrogens with one attached hydrogen (secondary N) is 1. The van der Waals surface area contributed by atoms with E-state index in [0.717, 1.165) is 5.56 Å². The molecule has 1 rings (SSSR count). The van der Waals surface area contributed by atoms with Crippen LogP contribution in [0.5, 0.6) is 5.75 Å². The summed E-state index contributed by atoms with van der Waals surface area (Å²) in [5.41, 5.74) is -0.0409. The number of hydrogen-bond donors (Lipinski definition) is 1. The number of benzene rings is 1. The summed E-state index contributed by atoms with van der Waals surface area (Å²) in [7, 11) is 1.28. The highest BCUT2D eigenvalue weighted by Crippen LogP contribution is 2.15. The summed E-state index contributed by atoms with van der Waals surface area (Å²) in [6.07, 6.45) is -0.708. The molecule has 1 unspecified atom stereocenters. The lowest BCUT2D eigenvalue weighted by molar-refractivity contribution is -0.150. The normalized spacial score (nSPS) is 12.4. The highest BCUT2D eigenvalue weighted by Gasteiger charge is 2.32. The average Bonchev–Trinajstić information content (AvgIpc) is 2.37. The van der Waals surface area contributed by atoms with E-state index < -0.39 is 17.6 Å². The number of carbonyl (C=O) groups excluding carboxylic acids is 2. The van der Waals surface area contributed by atoms with Gasteiger partial charge in [0.25, 0.3) is 5.91 Å². The highest BCUT2D eigenvalue weighted by atomic mass is 16.5. The van der Waals surface area contributed by atoms with E-state index in [1.165, 1.54) is 7.11 Å². The lowest BCUT2D eigenvalue weighted by Gasteiger charge is -2.25. The Bertz CT molecular complexity index is 496. The van der Waals surface area contributed by atoms with Crippen molar-refractivity contribution in [1.82, 2.24) is 5.32 Å². The molecule has 0 aliphatic carbocycles. The van der Waals surface area contributed by atoms with E-state index >= 15 is 0 Å². The van der Waals surface area contributed by atoms with E-state index in [9.17, 15) is 9.59 Å². The Morgan fingerprint density at radius 1 is 1.30 bits per heavy atom. The molecule has 0 radical (unpaired) electrons. The maximum atomic E-state index is 12.0. The van der Waals surface area contributed by atoms with Crippen molar-refractivity contribution < 1.29 is 19.1 Å². The summed E-state index contributed by atoms with van der Waals surface area (Å²) in [5, 5.41) is 2.60. The van der Waals surface area contributed by atoms with Crippen molar-refractivity contribution in [3.63, 3.8) is 0 Å². The van der Waals surface area contributed by atoms with Gasteiger partial charge in [-0.05, 0) is 45.4 Å². The van der Waals surface area contributed by atoms with Gasteiger partial charge >= 0.3 is 5.97 Å². The predicted octanol–water partition coefficient (Wildman–Crippen LogP) is 1.83. The quantitative estimate of drug-likeness (QED) is 0.835. The Morgan fingerprint density at radius 3 is 2.50 bits per heavy atom. The zero-order chi connectivity index (χ0) is 15.3. The molecule has 5 heteroatoms. The first-order valence-corrected chi connectivity index (χ1v) is 6.40. The van der Waals surface area contributed by atoms with Crippen LogP contribution in [0.25, 0.3) is 0 Å². The number of methoxy groups -OCH3 is 1. The summed E-state index contributed by atoms with van der Waals surface area (Å²) >= 11 is 0. The van der Waals surface area contributed by atoms with E-state index in [2.05, 4.69) is 10.1 Å². The number of ether oxygens (including phenoxy) is 2. The van der Waals surface area contributed by atoms with E-state index in [-0.39, 0.29) is 5.91 Å². The second-order valence-corrected chi connectivity index (χ2v) is 5.18. The molecule has 0 spiro atoms. The fraction of sp³-hybridized carbons (Fsp3) is 0.467. The summed E-state index contributed by atoms with van der Waals surface area (Å²) in [5.74, 6) is -0.265. The first kappa shape index (κ1) is 16.0. The zero-order valence-electron chi connectivity index (χ0n) is 12.5. The molecule has 0 aliphatic rings. The van der Waals surface area contributed by atoms with E-state index in [0.29, 0.717) is 5.75 Å². The summed E-state index contributed by atoms with van der Waals surface area (Å²) in [6, 6.07) is 7.42. The van der Waals surface area contributed by atoms with Crippen molar-refractivity contribution in [2.24, 2.45) is 0 Å². The highest BCUT2D eigenvalue weighted by molar-refractivity contribution is 5.89. The van der Waals surface area contributed by atoms with Crippen LogP contribution in [0.2, 0.25) is 0 Å². The first-order valence-electron chi connectivity index (χ1n) is 6.40. The van der Waals surface area contributed by atoms with Gasteiger partial charge in [0.15, 0.2) is 6.10 Å². The smallest absolute Gasteiger partial charge is 0.330 e. The number of aryl methyl sites for hydroxylation is 1. The van der Waals surface area contributed by atoms with E-state index in [1.807, 2.05) is 25.1 Å². The average molecular weight is 279 g/mol. The molecular formula is C15H21NO4. The van der Waals surface area contributed by atoms with Gasteiger partial charge in [-0.3, -0.25) is 4.79 Å². The third-order valence-electron chi connectivity index (χ3n) is 2.80. The molecule has 1 N–H and O–H groups in total. The van der Waals surface area contributed by atoms with Crippen LogP contribution in [0.4, 0.5) is 0 Å². The molecule has 110 valence electrons. The van der Waals surface area contributed by atoms with Gasteiger partial charge < -0.3 is 14.8 Å². The molecule has 0 saturated heterocycles. The molecule has 5 nitrogen and oxygen atoms in total. The first-order chi connectivity index (χ1) is 9.26. The van der Waals surface area contributed by atoms with Crippen LogP contribution in [0.15, 0.2) is 24.3 Å². The standard InChI is InChI=1S/C15H21NO4/c1-10-7-6-8-12(9-10)20-11(2)13(17)16-15(3,4)14(18)19-5/h6-9,11H,1-5H3,(H,16,17). The van der Waals surface area contributed by atoms with Gasteiger partial charge in [0.05, 0.1) is 7.11 Å². The summed E-state index contributed by atoms with van der Waals surface area (Å²) < 4.78 is 10.2. The number of carbonyl (C=O) groups is 2. The molecule has 1 amide bonds. The molecular weight excluding hydrogens is 258 g/mol. The van der Waals surface area contributed by atoms with Gasteiger partial charge in [-0.15, -0.1) is 0 Å². The van der Waals surface area contributed by atoms with Crippen molar-refractivity contribution in [2.75, 3.05) is 7.11 Å². The van der Waals surface area contributed by atoms with Gasteiger partial charge in [0.2, 0.25) is 0 Å². The second-order valence-electron chi connectivity index (χ2n) is 5.18. The zero-order valence-corrected chi connectivity index (χ0v) is 12.5. The Balaban J connectivity index is 2.66. The van der Waals surface area contributed by atoms with Gasteiger partial charge in [-0.2, -0.15) is 0 Å². The molecule has 20 heavy (non-hydrogen) atoms. The minimum Gasteiger partial charge on any atom is -0.481 e. The molecule has 0 saturated carbocycles. The third kappa shape index (κ3) is 4.26. The number of esters is 1. The van der Waals surface area contributed by atoms with Gasteiger partial charge in [0, 0.05) is 0 Å². The Kier molecular flexibility index (Phi) is 5.13. The van der Waals surface area contributed by atoms with Crippen molar-refractivity contribution in [3.05, 3.63) is 29.8 Å². The Morgan fingerprint density at radius 2 is 1.95 bits per heavy atom. The van der Waals surface area contributed by atoms with E-state index in [1.54, 1.807) is 26.8 Å². The Labute approximate surface area is 119 Å². The fourth-order valence-electron chi connectivity index (χ4n) is 1.66. The lowest BCUT2D eigenvalue weighted by Crippen LogP contribution is -2.53.